The smallest absolute Gasteiger partial charge is 0.0837 e. The van der Waals surface area contributed by atoms with E-state index in [4.69, 9.17) is 0 Å². The highest BCUT2D eigenvalue weighted by molar-refractivity contribution is 7.80. The zero-order valence-corrected chi connectivity index (χ0v) is 9.25. The number of benzene rings is 1. The van der Waals surface area contributed by atoms with Crippen LogP contribution in [0.3, 0.4) is 0 Å². The molecule has 0 unspecified atom stereocenters. The van der Waals surface area contributed by atoms with Crippen LogP contribution >= 0.6 is 12.6 Å². The van der Waals surface area contributed by atoms with E-state index in [-0.39, 0.29) is 0 Å². The molecule has 0 fully saturated rings. The largest absolute Gasteiger partial charge is 0.255 e. The molecule has 0 saturated heterocycles. The summed E-state index contributed by atoms with van der Waals surface area (Å²) in [7, 11) is 0. The van der Waals surface area contributed by atoms with Crippen molar-refractivity contribution in [3.63, 3.8) is 0 Å². The standard InChI is InChI=1S/C12H13NS/c1-8(2)10-6-5-9-4-3-7-13-11(9)12(10)14/h3-8,14H,1-2H3. The first-order chi connectivity index (χ1) is 6.70. The van der Waals surface area contributed by atoms with E-state index in [1.165, 1.54) is 5.56 Å². The Hall–Kier alpha value is -1.02. The average molecular weight is 203 g/mol. The maximum Gasteiger partial charge on any atom is 0.0837 e. The van der Waals surface area contributed by atoms with Crippen LogP contribution in [0.1, 0.15) is 25.3 Å². The molecule has 2 rings (SSSR count). The lowest BCUT2D eigenvalue weighted by molar-refractivity contribution is 0.846. The van der Waals surface area contributed by atoms with E-state index in [0.717, 1.165) is 15.8 Å². The Kier molecular flexibility index (Phi) is 2.46. The number of aromatic nitrogens is 1. The molecule has 0 radical (unpaired) electrons. The van der Waals surface area contributed by atoms with Gasteiger partial charge in [-0.05, 0) is 17.5 Å². The van der Waals surface area contributed by atoms with Crippen LogP contribution in [0.4, 0.5) is 0 Å². The average Bonchev–Trinajstić information content (AvgIpc) is 2.18. The summed E-state index contributed by atoms with van der Waals surface area (Å²) in [5.41, 5.74) is 2.27. The van der Waals surface area contributed by atoms with E-state index < -0.39 is 0 Å². The van der Waals surface area contributed by atoms with Crippen molar-refractivity contribution in [2.45, 2.75) is 24.7 Å². The normalized spacial score (nSPS) is 11.1. The fourth-order valence-electron chi connectivity index (χ4n) is 1.61. The lowest BCUT2D eigenvalue weighted by atomic mass is 10.0. The summed E-state index contributed by atoms with van der Waals surface area (Å²) in [5.74, 6) is 0.494. The van der Waals surface area contributed by atoms with E-state index in [9.17, 15) is 0 Å². The third kappa shape index (κ3) is 1.50. The Balaban J connectivity index is 2.75. The highest BCUT2D eigenvalue weighted by Crippen LogP contribution is 2.28. The highest BCUT2D eigenvalue weighted by Gasteiger charge is 2.07. The molecule has 0 amide bonds. The zero-order chi connectivity index (χ0) is 10.1. The van der Waals surface area contributed by atoms with E-state index in [2.05, 4.69) is 49.7 Å². The fraction of sp³-hybridized carbons (Fsp3) is 0.250. The van der Waals surface area contributed by atoms with Crippen LogP contribution in [-0.4, -0.2) is 4.98 Å². The zero-order valence-electron chi connectivity index (χ0n) is 8.36. The molecule has 0 N–H and O–H groups in total. The molecule has 0 saturated carbocycles. The molecule has 1 nitrogen and oxygen atoms in total. The minimum Gasteiger partial charge on any atom is -0.255 e. The number of fused-ring (bicyclic) bond motifs is 1. The van der Waals surface area contributed by atoms with Gasteiger partial charge in [-0.15, -0.1) is 12.6 Å². The van der Waals surface area contributed by atoms with Gasteiger partial charge in [0.15, 0.2) is 0 Å². The summed E-state index contributed by atoms with van der Waals surface area (Å²) in [6, 6.07) is 8.26. The van der Waals surface area contributed by atoms with Crippen molar-refractivity contribution in [2.24, 2.45) is 0 Å². The lowest BCUT2D eigenvalue weighted by Gasteiger charge is -2.10. The van der Waals surface area contributed by atoms with Gasteiger partial charge in [0.1, 0.15) is 0 Å². The topological polar surface area (TPSA) is 12.9 Å². The molecule has 0 spiro atoms. The number of rotatable bonds is 1. The van der Waals surface area contributed by atoms with Gasteiger partial charge in [0.25, 0.3) is 0 Å². The van der Waals surface area contributed by atoms with Crippen LogP contribution in [0.15, 0.2) is 35.4 Å². The second kappa shape index (κ2) is 3.62. The first kappa shape index (κ1) is 9.53. The Morgan fingerprint density at radius 3 is 2.71 bits per heavy atom. The van der Waals surface area contributed by atoms with Gasteiger partial charge < -0.3 is 0 Å². The molecule has 1 aromatic heterocycles. The molecule has 0 atom stereocenters. The van der Waals surface area contributed by atoms with Gasteiger partial charge in [-0.1, -0.05) is 32.0 Å². The predicted molar refractivity (Wildman–Crippen MR) is 63.1 cm³/mol. The molecule has 2 heteroatoms. The SMILES string of the molecule is CC(C)c1ccc2cccnc2c1S. The van der Waals surface area contributed by atoms with Gasteiger partial charge in [-0.3, -0.25) is 4.98 Å². The Bertz CT molecular complexity index is 463. The molecule has 1 aromatic carbocycles. The second-order valence-corrected chi connectivity index (χ2v) is 4.18. The minimum absolute atomic E-state index is 0.494. The summed E-state index contributed by atoms with van der Waals surface area (Å²) in [4.78, 5) is 5.36. The van der Waals surface area contributed by atoms with E-state index >= 15 is 0 Å². The molecule has 0 bridgehead atoms. The summed E-state index contributed by atoms with van der Waals surface area (Å²) in [6.45, 7) is 4.34. The van der Waals surface area contributed by atoms with Gasteiger partial charge in [-0.2, -0.15) is 0 Å². The van der Waals surface area contributed by atoms with Crippen molar-refractivity contribution in [2.75, 3.05) is 0 Å². The second-order valence-electron chi connectivity index (χ2n) is 3.73. The van der Waals surface area contributed by atoms with Crippen molar-refractivity contribution in [1.29, 1.82) is 0 Å². The monoisotopic (exact) mass is 203 g/mol. The van der Waals surface area contributed by atoms with E-state index in [0.29, 0.717) is 5.92 Å². The highest BCUT2D eigenvalue weighted by atomic mass is 32.1. The van der Waals surface area contributed by atoms with Gasteiger partial charge >= 0.3 is 0 Å². The first-order valence-electron chi connectivity index (χ1n) is 4.76. The maximum absolute atomic E-state index is 4.54. The first-order valence-corrected chi connectivity index (χ1v) is 5.21. The number of pyridine rings is 1. The maximum atomic E-state index is 4.54. The molecule has 0 aliphatic rings. The van der Waals surface area contributed by atoms with Gasteiger partial charge in [-0.25, -0.2) is 0 Å². The van der Waals surface area contributed by atoms with Gasteiger partial charge in [0.05, 0.1) is 5.52 Å². The number of thiol groups is 1. The van der Waals surface area contributed by atoms with Crippen LogP contribution < -0.4 is 0 Å². The van der Waals surface area contributed by atoms with Gasteiger partial charge in [0, 0.05) is 16.5 Å². The van der Waals surface area contributed by atoms with E-state index in [1.807, 2.05) is 12.3 Å². The fourth-order valence-corrected chi connectivity index (χ4v) is 2.13. The molecular weight excluding hydrogens is 190 g/mol. The summed E-state index contributed by atoms with van der Waals surface area (Å²) < 4.78 is 0. The van der Waals surface area contributed by atoms with Crippen molar-refractivity contribution < 1.29 is 0 Å². The molecule has 2 aromatic rings. The Labute approximate surface area is 89.6 Å². The number of nitrogens with zero attached hydrogens (tertiary/aromatic N) is 1. The summed E-state index contributed by atoms with van der Waals surface area (Å²) in [6.07, 6.45) is 1.81. The molecular formula is C12H13NS. The minimum atomic E-state index is 0.494. The van der Waals surface area contributed by atoms with Crippen molar-refractivity contribution >= 4 is 23.5 Å². The molecule has 14 heavy (non-hydrogen) atoms. The van der Waals surface area contributed by atoms with Crippen LogP contribution in [0.25, 0.3) is 10.9 Å². The Morgan fingerprint density at radius 1 is 1.21 bits per heavy atom. The molecule has 0 aliphatic carbocycles. The van der Waals surface area contributed by atoms with Gasteiger partial charge in [0.2, 0.25) is 0 Å². The Morgan fingerprint density at radius 2 is 2.00 bits per heavy atom. The van der Waals surface area contributed by atoms with Crippen LogP contribution in [-0.2, 0) is 0 Å². The van der Waals surface area contributed by atoms with Crippen LogP contribution in [0.5, 0.6) is 0 Å². The summed E-state index contributed by atoms with van der Waals surface area (Å²) in [5, 5.41) is 1.15. The van der Waals surface area contributed by atoms with Crippen molar-refractivity contribution in [1.82, 2.24) is 4.98 Å². The third-order valence-electron chi connectivity index (χ3n) is 2.40. The van der Waals surface area contributed by atoms with Crippen molar-refractivity contribution in [3.05, 3.63) is 36.0 Å². The third-order valence-corrected chi connectivity index (χ3v) is 2.87. The van der Waals surface area contributed by atoms with Crippen molar-refractivity contribution in [3.8, 4) is 0 Å². The number of hydrogen-bond acceptors (Lipinski definition) is 2. The number of hydrogen-bond donors (Lipinski definition) is 1. The molecule has 72 valence electrons. The predicted octanol–water partition coefficient (Wildman–Crippen LogP) is 3.65. The lowest BCUT2D eigenvalue weighted by Crippen LogP contribution is -1.91. The van der Waals surface area contributed by atoms with E-state index in [1.54, 1.807) is 0 Å². The quantitative estimate of drug-likeness (QED) is 0.698. The molecule has 1 heterocycles. The summed E-state index contributed by atoms with van der Waals surface area (Å²) >= 11 is 4.54. The van der Waals surface area contributed by atoms with Crippen LogP contribution in [0, 0.1) is 0 Å². The molecule has 0 aliphatic heterocycles. The van der Waals surface area contributed by atoms with Crippen LogP contribution in [0.2, 0.25) is 0 Å².